The highest BCUT2D eigenvalue weighted by Crippen LogP contribution is 2.52. The lowest BCUT2D eigenvalue weighted by Gasteiger charge is -2.45. The quantitative estimate of drug-likeness (QED) is 0.154. The van der Waals surface area contributed by atoms with E-state index >= 15 is 0 Å². The molecule has 0 radical (unpaired) electrons. The minimum atomic E-state index is -1.02. The molecular weight excluding hydrogens is 533 g/mol. The fourth-order valence-electron chi connectivity index (χ4n) is 5.50. The van der Waals surface area contributed by atoms with Crippen molar-refractivity contribution in [3.8, 4) is 11.1 Å². The first-order valence-corrected chi connectivity index (χ1v) is 14.9. The van der Waals surface area contributed by atoms with Crippen molar-refractivity contribution < 1.29 is 14.4 Å². The molecule has 0 saturated carbocycles. The van der Waals surface area contributed by atoms with Gasteiger partial charge in [0.2, 0.25) is 0 Å². The van der Waals surface area contributed by atoms with Crippen LogP contribution >= 0.6 is 32.9 Å². The van der Waals surface area contributed by atoms with Gasteiger partial charge in [0.15, 0.2) is 0 Å². The van der Waals surface area contributed by atoms with E-state index in [0.29, 0.717) is 11.1 Å². The summed E-state index contributed by atoms with van der Waals surface area (Å²) < 4.78 is 0.804. The van der Waals surface area contributed by atoms with Crippen molar-refractivity contribution in [2.24, 2.45) is 0 Å². The predicted molar refractivity (Wildman–Crippen MR) is 155 cm³/mol. The maximum absolute atomic E-state index is 14.8. The number of benzene rings is 3. The molecule has 5 nitrogen and oxygen atoms in total. The molecule has 0 bridgehead atoms. The Labute approximate surface area is 233 Å². The first kappa shape index (κ1) is 24.9. The Morgan fingerprint density at radius 3 is 2.18 bits per heavy atom. The molecule has 3 aromatic carbocycles. The van der Waals surface area contributed by atoms with Gasteiger partial charge in [0, 0.05) is 17.5 Å². The highest BCUT2D eigenvalue weighted by Gasteiger charge is 2.49. The molecule has 0 spiro atoms. The second-order valence-corrected chi connectivity index (χ2v) is 13.0. The van der Waals surface area contributed by atoms with Gasteiger partial charge in [-0.25, -0.2) is 0 Å². The van der Waals surface area contributed by atoms with Gasteiger partial charge in [-0.3, -0.25) is 24.2 Å². The van der Waals surface area contributed by atoms with Gasteiger partial charge in [-0.15, -0.1) is 0 Å². The van der Waals surface area contributed by atoms with E-state index in [-0.39, 0.29) is 12.3 Å². The smallest absolute Gasteiger partial charge is 0.262 e. The van der Waals surface area contributed by atoms with E-state index in [1.807, 2.05) is 63.2 Å². The number of fused-ring (bicyclic) bond motifs is 4. The Bertz CT molecular complexity index is 1650. The number of nitrogens with zero attached hydrogens (tertiary/aromatic N) is 2. The molecule has 8 heteroatoms. The van der Waals surface area contributed by atoms with Crippen LogP contribution in [0.4, 0.5) is 5.69 Å². The van der Waals surface area contributed by atoms with E-state index in [0.717, 1.165) is 41.5 Å². The average molecular weight is 557 g/mol. The maximum Gasteiger partial charge on any atom is 0.262 e. The fraction of sp³-hybridized carbons (Fsp3) is 0.200. The van der Waals surface area contributed by atoms with E-state index in [9.17, 15) is 14.4 Å². The van der Waals surface area contributed by atoms with Crippen LogP contribution < -0.4 is 4.90 Å². The lowest BCUT2D eigenvalue weighted by Crippen LogP contribution is -2.57. The summed E-state index contributed by atoms with van der Waals surface area (Å²) in [4.78, 5) is 45.9. The number of anilines is 1. The number of imide groups is 1. The zero-order valence-corrected chi connectivity index (χ0v) is 23.5. The summed E-state index contributed by atoms with van der Waals surface area (Å²) in [6.45, 7) is 6.03. The van der Waals surface area contributed by atoms with E-state index in [1.165, 1.54) is 10.3 Å². The minimum absolute atomic E-state index is 0.213. The standard InChI is InChI=1S/C30H24N2O3S3/c1-17-13-14-22-21(15-17)24-25(37-38-29(24)36)30(2,3)32(22)28(35)23(16-18-9-5-4-6-10-18)31-26(33)19-11-7-8-12-20(19)27(31)34/h4-15,23H,16H2,1-3H3. The largest absolute Gasteiger partial charge is 0.299 e. The Morgan fingerprint density at radius 1 is 0.895 bits per heavy atom. The summed E-state index contributed by atoms with van der Waals surface area (Å²) in [5.74, 6) is -1.18. The van der Waals surface area contributed by atoms with E-state index < -0.39 is 23.4 Å². The van der Waals surface area contributed by atoms with Crippen molar-refractivity contribution in [1.29, 1.82) is 0 Å². The van der Waals surface area contributed by atoms with E-state index in [1.54, 1.807) is 39.5 Å². The molecule has 0 aliphatic carbocycles. The fourth-order valence-corrected chi connectivity index (χ4v) is 8.79. The average Bonchev–Trinajstić information content (AvgIpc) is 3.42. The van der Waals surface area contributed by atoms with Gasteiger partial charge in [-0.1, -0.05) is 87.0 Å². The SMILES string of the molecule is Cc1ccc2c(c1)-c1c(ssc1=S)C(C)(C)N2C(=O)C(Cc1ccccc1)N1C(=O)c2ccccc2C1=O. The topological polar surface area (TPSA) is 57.7 Å². The molecule has 0 N–H and O–H groups in total. The molecule has 2 aliphatic rings. The summed E-state index contributed by atoms with van der Waals surface area (Å²) in [5.41, 5.74) is 4.51. The van der Waals surface area contributed by atoms with Crippen LogP contribution in [0.15, 0.2) is 72.8 Å². The van der Waals surface area contributed by atoms with Crippen LogP contribution in [0, 0.1) is 10.7 Å². The van der Waals surface area contributed by atoms with E-state index in [2.05, 4.69) is 6.07 Å². The van der Waals surface area contributed by atoms with Gasteiger partial charge >= 0.3 is 0 Å². The number of carbonyl (C=O) groups is 3. The number of carbonyl (C=O) groups excluding carboxylic acids is 3. The van der Waals surface area contributed by atoms with Crippen LogP contribution in [0.1, 0.15) is 50.6 Å². The summed E-state index contributed by atoms with van der Waals surface area (Å²) in [5, 5.41) is 0. The zero-order valence-electron chi connectivity index (χ0n) is 21.1. The third-order valence-corrected chi connectivity index (χ3v) is 10.7. The molecule has 3 amide bonds. The molecule has 38 heavy (non-hydrogen) atoms. The molecule has 4 aromatic rings. The first-order valence-electron chi connectivity index (χ1n) is 12.3. The van der Waals surface area contributed by atoms with Gasteiger partial charge in [0.1, 0.15) is 9.87 Å². The lowest BCUT2D eigenvalue weighted by molar-refractivity contribution is -0.123. The molecule has 1 aromatic heterocycles. The van der Waals surface area contributed by atoms with Crippen LogP contribution in [0.3, 0.4) is 0 Å². The molecule has 0 saturated heterocycles. The highest BCUT2D eigenvalue weighted by molar-refractivity contribution is 7.80. The number of hydrogen-bond acceptors (Lipinski definition) is 6. The molecule has 0 fully saturated rings. The predicted octanol–water partition coefficient (Wildman–Crippen LogP) is 7.00. The third kappa shape index (κ3) is 3.70. The summed E-state index contributed by atoms with van der Waals surface area (Å²) in [6.07, 6.45) is 0.213. The Hall–Kier alpha value is -3.46. The van der Waals surface area contributed by atoms with Crippen molar-refractivity contribution in [3.63, 3.8) is 0 Å². The molecule has 190 valence electrons. The van der Waals surface area contributed by atoms with Crippen molar-refractivity contribution in [2.45, 2.75) is 38.8 Å². The molecule has 2 aliphatic heterocycles. The lowest BCUT2D eigenvalue weighted by atomic mass is 9.85. The normalized spacial score (nSPS) is 16.2. The number of amides is 3. The van der Waals surface area contributed by atoms with Crippen LogP contribution in [0.5, 0.6) is 0 Å². The molecular formula is C30H24N2O3S3. The van der Waals surface area contributed by atoms with Crippen molar-refractivity contribution in [2.75, 3.05) is 4.90 Å². The van der Waals surface area contributed by atoms with Crippen LogP contribution in [-0.4, -0.2) is 28.7 Å². The summed E-state index contributed by atoms with van der Waals surface area (Å²) in [7, 11) is 3.12. The molecule has 1 atom stereocenters. The van der Waals surface area contributed by atoms with Gasteiger partial charge in [0.25, 0.3) is 17.7 Å². The number of hydrogen-bond donors (Lipinski definition) is 0. The first-order chi connectivity index (χ1) is 18.2. The molecule has 3 heterocycles. The Balaban J connectivity index is 1.52. The summed E-state index contributed by atoms with van der Waals surface area (Å²) in [6, 6.07) is 21.3. The van der Waals surface area contributed by atoms with Crippen molar-refractivity contribution >= 4 is 56.3 Å². The Kier molecular flexibility index (Phi) is 5.94. The van der Waals surface area contributed by atoms with Crippen LogP contribution in [0.2, 0.25) is 0 Å². The van der Waals surface area contributed by atoms with Crippen LogP contribution in [0.25, 0.3) is 11.1 Å². The van der Waals surface area contributed by atoms with Gasteiger partial charge in [0.05, 0.1) is 27.2 Å². The summed E-state index contributed by atoms with van der Waals surface area (Å²) >= 11 is 5.72. The second-order valence-electron chi connectivity index (χ2n) is 10.1. The molecule has 6 rings (SSSR count). The van der Waals surface area contributed by atoms with Gasteiger partial charge < -0.3 is 0 Å². The second kappa shape index (κ2) is 9.08. The maximum atomic E-state index is 14.8. The van der Waals surface area contributed by atoms with Gasteiger partial charge in [-0.2, -0.15) is 0 Å². The monoisotopic (exact) mass is 556 g/mol. The van der Waals surface area contributed by atoms with E-state index in [4.69, 9.17) is 12.2 Å². The number of aryl methyl sites for hydroxylation is 1. The van der Waals surface area contributed by atoms with Gasteiger partial charge in [-0.05, 0) is 50.6 Å². The number of rotatable bonds is 4. The molecule has 1 unspecified atom stereocenters. The zero-order chi connectivity index (χ0) is 26.8. The Morgan fingerprint density at radius 2 is 1.53 bits per heavy atom. The van der Waals surface area contributed by atoms with Crippen molar-refractivity contribution in [3.05, 3.63) is 104 Å². The highest BCUT2D eigenvalue weighted by atomic mass is 32.9. The minimum Gasteiger partial charge on any atom is -0.299 e. The van der Waals surface area contributed by atoms with Crippen molar-refractivity contribution in [1.82, 2.24) is 4.90 Å². The third-order valence-electron chi connectivity index (χ3n) is 7.32. The van der Waals surface area contributed by atoms with Crippen LogP contribution in [-0.2, 0) is 16.8 Å².